The van der Waals surface area contributed by atoms with Crippen molar-refractivity contribution in [1.82, 2.24) is 0 Å². The summed E-state index contributed by atoms with van der Waals surface area (Å²) in [5.41, 5.74) is 1.02. The highest BCUT2D eigenvalue weighted by Crippen LogP contribution is 2.38. The maximum absolute atomic E-state index is 14.3. The lowest BCUT2D eigenvalue weighted by molar-refractivity contribution is -0.281. The first-order valence-corrected chi connectivity index (χ1v) is 16.0. The molecule has 2 fully saturated rings. The van der Waals surface area contributed by atoms with E-state index >= 15 is 0 Å². The van der Waals surface area contributed by atoms with E-state index in [1.54, 1.807) is 24.3 Å². The van der Waals surface area contributed by atoms with Crippen LogP contribution in [0.1, 0.15) is 33.3 Å². The van der Waals surface area contributed by atoms with Crippen molar-refractivity contribution >= 4 is 16.9 Å². The number of esters is 1. The topological polar surface area (TPSA) is 224 Å². The molecule has 15 nitrogen and oxygen atoms in total. The third kappa shape index (κ3) is 7.50. The second-order valence-corrected chi connectivity index (χ2v) is 12.4. The highest BCUT2D eigenvalue weighted by atomic mass is 16.7. The van der Waals surface area contributed by atoms with Gasteiger partial charge >= 0.3 is 5.97 Å². The minimum absolute atomic E-state index is 0.0329. The van der Waals surface area contributed by atoms with E-state index in [0.29, 0.717) is 16.9 Å². The number of aliphatic hydroxyl groups excluding tert-OH is 6. The van der Waals surface area contributed by atoms with Gasteiger partial charge in [0.25, 0.3) is 0 Å². The van der Waals surface area contributed by atoms with E-state index < -0.39 is 79.4 Å². The molecular formula is C35H42O15. The van der Waals surface area contributed by atoms with E-state index in [1.807, 2.05) is 19.9 Å². The lowest BCUT2D eigenvalue weighted by Gasteiger charge is -2.41. The van der Waals surface area contributed by atoms with Crippen LogP contribution in [0, 0.1) is 0 Å². The summed E-state index contributed by atoms with van der Waals surface area (Å²) in [5, 5.41) is 62.3. The molecule has 0 bridgehead atoms. The van der Waals surface area contributed by atoms with Crippen LogP contribution in [0.25, 0.3) is 22.3 Å². The summed E-state index contributed by atoms with van der Waals surface area (Å²) in [7, 11) is 1.49. The Morgan fingerprint density at radius 1 is 0.860 bits per heavy atom. The zero-order chi connectivity index (χ0) is 36.4. The van der Waals surface area contributed by atoms with Gasteiger partial charge in [0.1, 0.15) is 53.7 Å². The van der Waals surface area contributed by atoms with Gasteiger partial charge in [0.2, 0.25) is 23.8 Å². The zero-order valence-electron chi connectivity index (χ0n) is 28.1. The highest BCUT2D eigenvalue weighted by molar-refractivity contribution is 5.86. The number of ether oxygens (including phenoxy) is 6. The molecule has 0 amide bonds. The molecule has 0 aliphatic carbocycles. The molecule has 5 rings (SSSR count). The first kappa shape index (κ1) is 37.2. The number of aliphatic hydroxyl groups is 6. The van der Waals surface area contributed by atoms with Crippen LogP contribution in [-0.4, -0.2) is 112 Å². The van der Waals surface area contributed by atoms with Crippen LogP contribution >= 0.6 is 0 Å². The Kier molecular flexibility index (Phi) is 11.5. The lowest BCUT2D eigenvalue weighted by atomic mass is 9.98. The maximum Gasteiger partial charge on any atom is 0.303 e. The second kappa shape index (κ2) is 15.4. The van der Waals surface area contributed by atoms with Gasteiger partial charge in [0.15, 0.2) is 11.9 Å². The molecule has 1 aromatic heterocycles. The van der Waals surface area contributed by atoms with Gasteiger partial charge in [-0.1, -0.05) is 11.6 Å². The number of hydrogen-bond donors (Lipinski definition) is 6. The smallest absolute Gasteiger partial charge is 0.303 e. The average molecular weight is 703 g/mol. The van der Waals surface area contributed by atoms with Crippen molar-refractivity contribution in [3.63, 3.8) is 0 Å². The van der Waals surface area contributed by atoms with Gasteiger partial charge < -0.3 is 63.5 Å². The summed E-state index contributed by atoms with van der Waals surface area (Å²) in [6.07, 6.45) is -12.8. The predicted molar refractivity (Wildman–Crippen MR) is 175 cm³/mol. The Hall–Kier alpha value is -4.06. The van der Waals surface area contributed by atoms with Crippen molar-refractivity contribution in [3.05, 3.63) is 63.8 Å². The molecule has 0 unspecified atom stereocenters. The molecule has 15 heteroatoms. The van der Waals surface area contributed by atoms with Crippen LogP contribution in [0.4, 0.5) is 0 Å². The zero-order valence-corrected chi connectivity index (χ0v) is 28.1. The molecule has 0 saturated carbocycles. The van der Waals surface area contributed by atoms with Crippen LogP contribution in [0.3, 0.4) is 0 Å². The van der Waals surface area contributed by atoms with Gasteiger partial charge in [-0.2, -0.15) is 0 Å². The Bertz CT molecular complexity index is 1750. The van der Waals surface area contributed by atoms with Crippen molar-refractivity contribution in [1.29, 1.82) is 0 Å². The lowest BCUT2D eigenvalue weighted by Crippen LogP contribution is -2.61. The molecule has 0 radical (unpaired) electrons. The standard InChI is InChI=1S/C35H42O15/c1-15(2)6-11-20-22(47-35-33(46-17(4)37)28(42)26(40)23(14-36)48-35)13-12-21-25(39)32(50-34-29(43)27(41)24(38)16(3)45-34)30(49-31(20)21)18-7-9-19(44-5)10-8-18/h6-10,12-13,16,23-24,26-29,33-36,38,40-43H,11,14H2,1-5H3/t16-,23+,24-,26+,27+,28-,29+,33+,34-,35+/m0/s1. The van der Waals surface area contributed by atoms with Gasteiger partial charge in [-0.15, -0.1) is 0 Å². The van der Waals surface area contributed by atoms with E-state index in [0.717, 1.165) is 12.5 Å². The Balaban J connectivity index is 1.68. The normalized spacial score (nSPS) is 29.7. The monoisotopic (exact) mass is 702 g/mol. The van der Waals surface area contributed by atoms with Gasteiger partial charge in [-0.25, -0.2) is 0 Å². The fourth-order valence-corrected chi connectivity index (χ4v) is 5.75. The molecule has 2 saturated heterocycles. The molecule has 2 aromatic carbocycles. The second-order valence-electron chi connectivity index (χ2n) is 12.4. The van der Waals surface area contributed by atoms with Gasteiger partial charge in [0, 0.05) is 18.1 Å². The number of carbonyl (C=O) groups excluding carboxylic acids is 1. The summed E-state index contributed by atoms with van der Waals surface area (Å²) in [5.74, 6) is -0.588. The fourth-order valence-electron chi connectivity index (χ4n) is 5.75. The van der Waals surface area contributed by atoms with Crippen LogP contribution < -0.4 is 19.6 Å². The molecule has 50 heavy (non-hydrogen) atoms. The highest BCUT2D eigenvalue weighted by Gasteiger charge is 2.48. The summed E-state index contributed by atoms with van der Waals surface area (Å²) in [6, 6.07) is 9.34. The third-order valence-electron chi connectivity index (χ3n) is 8.56. The van der Waals surface area contributed by atoms with Crippen molar-refractivity contribution < 1.29 is 68.3 Å². The van der Waals surface area contributed by atoms with Crippen LogP contribution in [0.15, 0.2) is 57.3 Å². The minimum atomic E-state index is -1.72. The summed E-state index contributed by atoms with van der Waals surface area (Å²) >= 11 is 0. The maximum atomic E-state index is 14.3. The first-order chi connectivity index (χ1) is 23.7. The SMILES string of the molecule is COc1ccc(-c2oc3c(CC=C(C)C)c(O[C@@H]4O[C@H](CO)[C@@H](O)[C@H](O)[C@H]4OC(C)=O)ccc3c(=O)c2O[C@@H]2O[C@@H](C)[C@H](O)[C@@H](O)[C@H]2O)cc1. The van der Waals surface area contributed by atoms with Crippen molar-refractivity contribution in [2.45, 2.75) is 95.5 Å². The van der Waals surface area contributed by atoms with Gasteiger partial charge in [-0.05, 0) is 63.6 Å². The van der Waals surface area contributed by atoms with E-state index in [1.165, 1.54) is 26.2 Å². The van der Waals surface area contributed by atoms with Gasteiger partial charge in [0.05, 0.1) is 25.2 Å². The molecule has 2 aliphatic rings. The fraction of sp³-hybridized carbons (Fsp3) is 0.486. The largest absolute Gasteiger partial charge is 0.497 e. The van der Waals surface area contributed by atoms with Crippen molar-refractivity contribution in [2.24, 2.45) is 0 Å². The van der Waals surface area contributed by atoms with Crippen LogP contribution in [0.2, 0.25) is 0 Å². The van der Waals surface area contributed by atoms with Crippen LogP contribution in [-0.2, 0) is 25.4 Å². The number of allylic oxidation sites excluding steroid dienone is 2. The van der Waals surface area contributed by atoms with Gasteiger partial charge in [-0.3, -0.25) is 9.59 Å². The molecule has 3 heterocycles. The molecule has 272 valence electrons. The number of methoxy groups -OCH3 is 1. The van der Waals surface area contributed by atoms with Crippen LogP contribution in [0.5, 0.6) is 17.2 Å². The quantitative estimate of drug-likeness (QED) is 0.128. The number of fused-ring (bicyclic) bond motifs is 1. The molecular weight excluding hydrogens is 660 g/mol. The predicted octanol–water partition coefficient (Wildman–Crippen LogP) is 0.933. The number of benzene rings is 2. The average Bonchev–Trinajstić information content (AvgIpc) is 3.09. The Morgan fingerprint density at radius 2 is 1.56 bits per heavy atom. The summed E-state index contributed by atoms with van der Waals surface area (Å²) in [6.45, 7) is 5.64. The number of hydrogen-bond acceptors (Lipinski definition) is 15. The third-order valence-corrected chi connectivity index (χ3v) is 8.56. The molecule has 2 aliphatic heterocycles. The number of rotatable bonds is 10. The van der Waals surface area contributed by atoms with Crippen molar-refractivity contribution in [3.8, 4) is 28.6 Å². The van der Waals surface area contributed by atoms with E-state index in [9.17, 15) is 40.2 Å². The molecule has 6 N–H and O–H groups in total. The van der Waals surface area contributed by atoms with Crippen molar-refractivity contribution in [2.75, 3.05) is 13.7 Å². The minimum Gasteiger partial charge on any atom is -0.497 e. The molecule has 0 spiro atoms. The Morgan fingerprint density at radius 3 is 2.18 bits per heavy atom. The summed E-state index contributed by atoms with van der Waals surface area (Å²) in [4.78, 5) is 26.2. The first-order valence-electron chi connectivity index (χ1n) is 16.0. The molecule has 10 atom stereocenters. The summed E-state index contributed by atoms with van der Waals surface area (Å²) < 4.78 is 40.5. The van der Waals surface area contributed by atoms with E-state index in [2.05, 4.69) is 0 Å². The Labute approximate surface area is 286 Å². The van der Waals surface area contributed by atoms with E-state index in [-0.39, 0.29) is 34.6 Å². The molecule has 3 aromatic rings. The van der Waals surface area contributed by atoms with E-state index in [4.69, 9.17) is 32.8 Å². The number of carbonyl (C=O) groups is 1.